The number of nitrogens with one attached hydrogen (secondary N) is 1. The number of nitrogen functional groups attached to an aromatic ring is 1. The molecule has 1 aliphatic heterocycles. The van der Waals surface area contributed by atoms with E-state index < -0.39 is 0 Å². The molecule has 2 aromatic rings. The second kappa shape index (κ2) is 5.58. The molecule has 1 fully saturated rings. The second-order valence-electron chi connectivity index (χ2n) is 6.88. The summed E-state index contributed by atoms with van der Waals surface area (Å²) in [6.07, 6.45) is 2.05. The van der Waals surface area contributed by atoms with Crippen molar-refractivity contribution in [2.75, 3.05) is 11.5 Å². The smallest absolute Gasteiger partial charge is 0.400 e. The lowest BCUT2D eigenvalue weighted by atomic mass is 9.78. The molecular weight excluding hydrogens is 309 g/mol. The number of nitrogens with zero attached hydrogens (tertiary/aromatic N) is 1. The number of H-pyrrole nitrogens is 1. The van der Waals surface area contributed by atoms with Gasteiger partial charge in [0.2, 0.25) is 0 Å². The molecule has 0 bridgehead atoms. The monoisotopic (exact) mass is 331 g/mol. The molecule has 5 nitrogen and oxygen atoms in total. The Balaban J connectivity index is 1.92. The third kappa shape index (κ3) is 2.89. The first kappa shape index (κ1) is 16.4. The van der Waals surface area contributed by atoms with Crippen LogP contribution in [0.5, 0.6) is 0 Å². The predicted octanol–water partition coefficient (Wildman–Crippen LogP) is 3.09. The minimum Gasteiger partial charge on any atom is -0.400 e. The molecule has 1 aromatic carbocycles. The van der Waals surface area contributed by atoms with Gasteiger partial charge in [-0.2, -0.15) is 17.7 Å². The zero-order chi connectivity index (χ0) is 16.8. The summed E-state index contributed by atoms with van der Waals surface area (Å²) < 4.78 is 12.2. The van der Waals surface area contributed by atoms with Crippen LogP contribution in [0.1, 0.15) is 33.3 Å². The van der Waals surface area contributed by atoms with E-state index in [1.54, 1.807) is 0 Å². The van der Waals surface area contributed by atoms with E-state index in [2.05, 4.69) is 22.8 Å². The van der Waals surface area contributed by atoms with Gasteiger partial charge in [-0.25, -0.2) is 0 Å². The molecule has 1 saturated heterocycles. The topological polar surface area (TPSA) is 73.2 Å². The van der Waals surface area contributed by atoms with Crippen molar-refractivity contribution >= 4 is 42.5 Å². The fourth-order valence-electron chi connectivity index (χ4n) is 2.54. The number of hydrogen-bond acceptors (Lipinski definition) is 5. The van der Waals surface area contributed by atoms with Crippen LogP contribution in [0.2, 0.25) is 0 Å². The standard InChI is InChI=1S/C16H22BN3O2S/c1-15(2)16(3,4)22-17(21-15)11(9-23)7-10-5-6-12-13(8-10)19-20-14(12)18/h5-8,23H,9H2,1-4H3,(H3,18,19,20). The maximum absolute atomic E-state index is 6.10. The predicted molar refractivity (Wildman–Crippen MR) is 98.4 cm³/mol. The summed E-state index contributed by atoms with van der Waals surface area (Å²) in [7, 11) is -0.389. The van der Waals surface area contributed by atoms with Gasteiger partial charge in [-0.3, -0.25) is 5.10 Å². The lowest BCUT2D eigenvalue weighted by molar-refractivity contribution is 0.00578. The fraction of sp³-hybridized carbons (Fsp3) is 0.438. The Morgan fingerprint density at radius 2 is 1.96 bits per heavy atom. The van der Waals surface area contributed by atoms with Crippen LogP contribution < -0.4 is 5.73 Å². The Morgan fingerprint density at radius 3 is 2.57 bits per heavy atom. The van der Waals surface area contributed by atoms with Crippen LogP contribution in [-0.4, -0.2) is 34.3 Å². The number of rotatable bonds is 3. The van der Waals surface area contributed by atoms with Gasteiger partial charge in [0.05, 0.1) is 16.7 Å². The first-order valence-corrected chi connectivity index (χ1v) is 8.27. The van der Waals surface area contributed by atoms with E-state index in [-0.39, 0.29) is 18.3 Å². The number of fused-ring (bicyclic) bond motifs is 1. The minimum absolute atomic E-state index is 0.360. The van der Waals surface area contributed by atoms with E-state index in [9.17, 15) is 0 Å². The van der Waals surface area contributed by atoms with Crippen molar-refractivity contribution < 1.29 is 9.31 Å². The molecule has 1 aromatic heterocycles. The molecule has 0 radical (unpaired) electrons. The third-order valence-corrected chi connectivity index (χ3v) is 5.07. The van der Waals surface area contributed by atoms with Crippen LogP contribution in [0.3, 0.4) is 0 Å². The molecule has 1 aliphatic rings. The van der Waals surface area contributed by atoms with Crippen molar-refractivity contribution in [1.29, 1.82) is 0 Å². The van der Waals surface area contributed by atoms with Crippen molar-refractivity contribution in [3.05, 3.63) is 29.2 Å². The highest BCUT2D eigenvalue weighted by Gasteiger charge is 2.52. The number of benzene rings is 1. The van der Waals surface area contributed by atoms with Gasteiger partial charge in [0.1, 0.15) is 0 Å². The number of hydrogen-bond donors (Lipinski definition) is 3. The van der Waals surface area contributed by atoms with Gasteiger partial charge in [-0.15, -0.1) is 0 Å². The van der Waals surface area contributed by atoms with E-state index in [0.29, 0.717) is 11.6 Å². The van der Waals surface area contributed by atoms with Crippen molar-refractivity contribution in [3.63, 3.8) is 0 Å². The van der Waals surface area contributed by atoms with Gasteiger partial charge in [0, 0.05) is 11.1 Å². The van der Waals surface area contributed by atoms with Crippen LogP contribution in [-0.2, 0) is 9.31 Å². The molecule has 3 N–H and O–H groups in total. The molecule has 0 spiro atoms. The highest BCUT2D eigenvalue weighted by molar-refractivity contribution is 7.80. The summed E-state index contributed by atoms with van der Waals surface area (Å²) in [4.78, 5) is 0. The van der Waals surface area contributed by atoms with Gasteiger partial charge in [-0.05, 0) is 50.9 Å². The molecule has 7 heteroatoms. The molecule has 23 heavy (non-hydrogen) atoms. The Labute approximate surface area is 142 Å². The quantitative estimate of drug-likeness (QED) is 0.597. The first-order chi connectivity index (χ1) is 10.7. The van der Waals surface area contributed by atoms with E-state index in [1.165, 1.54) is 0 Å². The van der Waals surface area contributed by atoms with E-state index in [4.69, 9.17) is 15.0 Å². The fourth-order valence-corrected chi connectivity index (χ4v) is 2.79. The first-order valence-electron chi connectivity index (χ1n) is 7.64. The van der Waals surface area contributed by atoms with Crippen molar-refractivity contribution in [1.82, 2.24) is 10.2 Å². The number of anilines is 1. The average Bonchev–Trinajstić information content (AvgIpc) is 2.94. The molecular formula is C16H22BN3O2S. The number of thiol groups is 1. The van der Waals surface area contributed by atoms with Crippen LogP contribution >= 0.6 is 12.6 Å². The van der Waals surface area contributed by atoms with Crippen molar-refractivity contribution in [2.24, 2.45) is 0 Å². The number of nitrogens with two attached hydrogens (primary N) is 1. The van der Waals surface area contributed by atoms with Crippen LogP contribution in [0, 0.1) is 0 Å². The van der Waals surface area contributed by atoms with Gasteiger partial charge in [0.25, 0.3) is 0 Å². The van der Waals surface area contributed by atoms with Crippen molar-refractivity contribution in [3.8, 4) is 0 Å². The van der Waals surface area contributed by atoms with E-state index in [0.717, 1.165) is 21.9 Å². The van der Waals surface area contributed by atoms with E-state index in [1.807, 2.05) is 52.0 Å². The summed E-state index contributed by atoms with van der Waals surface area (Å²) in [5.74, 6) is 1.07. The van der Waals surface area contributed by atoms with Gasteiger partial charge >= 0.3 is 7.12 Å². The molecule has 122 valence electrons. The van der Waals surface area contributed by atoms with Gasteiger partial charge in [0.15, 0.2) is 5.82 Å². The summed E-state index contributed by atoms with van der Waals surface area (Å²) in [5, 5.41) is 7.87. The molecule has 0 amide bonds. The van der Waals surface area contributed by atoms with Gasteiger partial charge in [-0.1, -0.05) is 12.1 Å². The van der Waals surface area contributed by atoms with Crippen LogP contribution in [0.15, 0.2) is 23.7 Å². The van der Waals surface area contributed by atoms with Crippen LogP contribution in [0.25, 0.3) is 17.0 Å². The lowest BCUT2D eigenvalue weighted by Gasteiger charge is -2.32. The van der Waals surface area contributed by atoms with E-state index >= 15 is 0 Å². The zero-order valence-electron chi connectivity index (χ0n) is 13.9. The SMILES string of the molecule is CC1(C)OB(C(=Cc2ccc3c(N)n[nH]c3c2)CS)OC1(C)C. The average molecular weight is 331 g/mol. The maximum atomic E-state index is 6.10. The summed E-state index contributed by atoms with van der Waals surface area (Å²) >= 11 is 4.44. The minimum atomic E-state index is -0.389. The number of aromatic amines is 1. The van der Waals surface area contributed by atoms with Crippen molar-refractivity contribution in [2.45, 2.75) is 38.9 Å². The molecule has 0 unspecified atom stereocenters. The summed E-state index contributed by atoms with van der Waals surface area (Å²) in [5.41, 5.74) is 8.00. The van der Waals surface area contributed by atoms with Gasteiger partial charge < -0.3 is 15.0 Å². The summed E-state index contributed by atoms with van der Waals surface area (Å²) in [6.45, 7) is 8.18. The summed E-state index contributed by atoms with van der Waals surface area (Å²) in [6, 6.07) is 5.97. The lowest BCUT2D eigenvalue weighted by Crippen LogP contribution is -2.41. The largest absolute Gasteiger partial charge is 0.491 e. The maximum Gasteiger partial charge on any atom is 0.491 e. The molecule has 3 rings (SSSR count). The normalized spacial score (nSPS) is 20.4. The molecule has 0 saturated carbocycles. The number of aromatic nitrogens is 2. The van der Waals surface area contributed by atoms with Crippen LogP contribution in [0.4, 0.5) is 5.82 Å². The molecule has 2 heterocycles. The second-order valence-corrected chi connectivity index (χ2v) is 7.20. The Bertz CT molecular complexity index is 754. The highest BCUT2D eigenvalue weighted by Crippen LogP contribution is 2.39. The molecule has 0 aliphatic carbocycles. The Morgan fingerprint density at radius 1 is 1.30 bits per heavy atom. The Kier molecular flexibility index (Phi) is 3.98. The molecule has 0 atom stereocenters. The Hall–Kier alpha value is -1.44. The highest BCUT2D eigenvalue weighted by atomic mass is 32.1. The zero-order valence-corrected chi connectivity index (χ0v) is 14.8. The third-order valence-electron chi connectivity index (χ3n) is 4.71.